The Labute approximate surface area is 169 Å². The summed E-state index contributed by atoms with van der Waals surface area (Å²) >= 11 is 15.6. The number of nitrogens with zero attached hydrogens (tertiary/aromatic N) is 2. The minimum atomic E-state index is -0.848. The molecule has 2 fully saturated rings. The fourth-order valence-electron chi connectivity index (χ4n) is 4.00. The zero-order valence-electron chi connectivity index (χ0n) is 13.9. The molecule has 0 N–H and O–H groups in total. The summed E-state index contributed by atoms with van der Waals surface area (Å²) in [4.78, 5) is 29.1. The maximum atomic E-state index is 13.4. The van der Waals surface area contributed by atoms with Gasteiger partial charge in [-0.1, -0.05) is 51.3 Å². The highest BCUT2D eigenvalue weighted by atomic mass is 79.9. The fourth-order valence-corrected chi connectivity index (χ4v) is 4.78. The molecule has 0 aromatic heterocycles. The van der Waals surface area contributed by atoms with Crippen LogP contribution in [0.5, 0.6) is 0 Å². The number of urea groups is 1. The van der Waals surface area contributed by atoms with E-state index in [0.717, 1.165) is 16.5 Å². The lowest BCUT2D eigenvalue weighted by molar-refractivity contribution is -0.130. The van der Waals surface area contributed by atoms with Gasteiger partial charge in [-0.3, -0.25) is 4.79 Å². The molecule has 2 aromatic carbocycles. The molecule has 3 amide bonds. The molecule has 1 spiro atoms. The van der Waals surface area contributed by atoms with Gasteiger partial charge in [0, 0.05) is 27.5 Å². The molecule has 0 radical (unpaired) electrons. The molecule has 1 aliphatic heterocycles. The van der Waals surface area contributed by atoms with Gasteiger partial charge in [0.1, 0.15) is 5.54 Å². The van der Waals surface area contributed by atoms with E-state index in [1.54, 1.807) is 30.1 Å². The van der Waals surface area contributed by atoms with E-state index in [0.29, 0.717) is 22.2 Å². The number of hydrogen-bond acceptors (Lipinski definition) is 2. The van der Waals surface area contributed by atoms with Crippen LogP contribution in [0.1, 0.15) is 24.3 Å². The number of anilines is 1. The Kier molecular flexibility index (Phi) is 4.29. The van der Waals surface area contributed by atoms with Crippen molar-refractivity contribution in [2.75, 3.05) is 11.9 Å². The van der Waals surface area contributed by atoms with E-state index in [9.17, 15) is 9.59 Å². The number of carbonyl (C=O) groups excluding carboxylic acids is 2. The summed E-state index contributed by atoms with van der Waals surface area (Å²) in [5.41, 5.74) is 0.612. The fraction of sp³-hybridized carbons (Fsp3) is 0.263. The number of carbonyl (C=O) groups is 2. The van der Waals surface area contributed by atoms with Crippen molar-refractivity contribution in [2.45, 2.75) is 24.3 Å². The van der Waals surface area contributed by atoms with Gasteiger partial charge in [0.05, 0.1) is 5.69 Å². The van der Waals surface area contributed by atoms with Crippen LogP contribution in [0.4, 0.5) is 10.5 Å². The second-order valence-corrected chi connectivity index (χ2v) is 8.47. The molecule has 26 heavy (non-hydrogen) atoms. The Morgan fingerprint density at radius 2 is 1.69 bits per heavy atom. The minimum absolute atomic E-state index is 0.0308. The Hall–Kier alpha value is -1.56. The van der Waals surface area contributed by atoms with E-state index in [2.05, 4.69) is 15.9 Å². The Morgan fingerprint density at radius 1 is 1.08 bits per heavy atom. The number of amides is 3. The van der Waals surface area contributed by atoms with Gasteiger partial charge in [-0.25, -0.2) is 9.69 Å². The van der Waals surface area contributed by atoms with Crippen molar-refractivity contribution in [3.63, 3.8) is 0 Å². The summed E-state index contributed by atoms with van der Waals surface area (Å²) in [5, 5.41) is 0.768. The molecule has 2 aliphatic rings. The quantitative estimate of drug-likeness (QED) is 0.565. The molecular weight excluding hydrogens is 439 g/mol. The number of halogens is 3. The summed E-state index contributed by atoms with van der Waals surface area (Å²) < 4.78 is 0.979. The molecule has 2 aromatic rings. The third kappa shape index (κ3) is 2.48. The van der Waals surface area contributed by atoms with Gasteiger partial charge < -0.3 is 4.90 Å². The second-order valence-electron chi connectivity index (χ2n) is 6.68. The van der Waals surface area contributed by atoms with Crippen LogP contribution in [0.2, 0.25) is 10.0 Å². The van der Waals surface area contributed by atoms with Crippen molar-refractivity contribution in [1.82, 2.24) is 4.90 Å². The molecule has 1 aliphatic carbocycles. The van der Waals surface area contributed by atoms with Crippen LogP contribution in [-0.4, -0.2) is 29.4 Å². The van der Waals surface area contributed by atoms with Crippen LogP contribution in [0, 0.1) is 0 Å². The lowest BCUT2D eigenvalue weighted by Gasteiger charge is -2.48. The first-order chi connectivity index (χ1) is 12.3. The van der Waals surface area contributed by atoms with Crippen molar-refractivity contribution in [3.05, 3.63) is 62.5 Å². The van der Waals surface area contributed by atoms with Crippen molar-refractivity contribution in [1.29, 1.82) is 0 Å². The lowest BCUT2D eigenvalue weighted by Crippen LogP contribution is -2.59. The second kappa shape index (κ2) is 6.25. The molecule has 4 nitrogen and oxygen atoms in total. The average Bonchev–Trinajstić information content (AvgIpc) is 2.76. The van der Waals surface area contributed by atoms with Crippen LogP contribution < -0.4 is 4.90 Å². The van der Waals surface area contributed by atoms with E-state index in [1.165, 1.54) is 4.90 Å². The molecule has 0 unspecified atom stereocenters. The first kappa shape index (κ1) is 17.8. The van der Waals surface area contributed by atoms with Gasteiger partial charge in [0.2, 0.25) is 0 Å². The van der Waals surface area contributed by atoms with Gasteiger partial charge in [0.25, 0.3) is 5.91 Å². The molecule has 1 saturated carbocycles. The van der Waals surface area contributed by atoms with E-state index in [4.69, 9.17) is 23.2 Å². The van der Waals surface area contributed by atoms with E-state index < -0.39 is 5.54 Å². The normalized spacial score (nSPS) is 25.2. The number of imide groups is 1. The largest absolute Gasteiger partial charge is 0.332 e. The highest BCUT2D eigenvalue weighted by Gasteiger charge is 2.64. The SMILES string of the molecule is CN1C(=O)N(c2cc(Cl)cc(Cl)c2)C(=O)[C@@]12CC[C@H]2c1ccc(Br)cc1. The van der Waals surface area contributed by atoms with Gasteiger partial charge >= 0.3 is 6.03 Å². The summed E-state index contributed by atoms with van der Waals surface area (Å²) in [7, 11) is 1.69. The molecule has 4 rings (SSSR count). The zero-order chi connectivity index (χ0) is 18.6. The van der Waals surface area contributed by atoms with Crippen molar-refractivity contribution in [2.24, 2.45) is 0 Å². The summed E-state index contributed by atoms with van der Waals surface area (Å²) in [5.74, 6) is -0.251. The first-order valence-electron chi connectivity index (χ1n) is 8.18. The molecule has 134 valence electrons. The summed E-state index contributed by atoms with van der Waals surface area (Å²) in [6.07, 6.45) is 1.49. The third-order valence-corrected chi connectivity index (χ3v) is 6.38. The van der Waals surface area contributed by atoms with Crippen molar-refractivity contribution in [3.8, 4) is 0 Å². The Balaban J connectivity index is 1.75. The van der Waals surface area contributed by atoms with Crippen LogP contribution >= 0.6 is 39.1 Å². The first-order valence-corrected chi connectivity index (χ1v) is 9.73. The van der Waals surface area contributed by atoms with Gasteiger partial charge in [-0.05, 0) is 48.7 Å². The Morgan fingerprint density at radius 3 is 2.23 bits per heavy atom. The minimum Gasteiger partial charge on any atom is -0.312 e. The van der Waals surface area contributed by atoms with Gasteiger partial charge in [-0.2, -0.15) is 0 Å². The highest BCUT2D eigenvalue weighted by molar-refractivity contribution is 9.10. The number of likely N-dealkylation sites (N-methyl/N-ethyl adjacent to an activating group) is 1. The van der Waals surface area contributed by atoms with E-state index in [1.807, 2.05) is 24.3 Å². The standard InChI is InChI=1S/C19H15BrCl2N2O2/c1-23-18(26)24(15-9-13(21)8-14(22)10-15)17(25)19(23)7-6-16(19)11-2-4-12(20)5-3-11/h2-5,8-10,16H,6-7H2,1H3/t16-,19-/m0/s1. The smallest absolute Gasteiger partial charge is 0.312 e. The zero-order valence-corrected chi connectivity index (χ0v) is 17.0. The van der Waals surface area contributed by atoms with Crippen LogP contribution in [-0.2, 0) is 4.79 Å². The van der Waals surface area contributed by atoms with Crippen molar-refractivity contribution < 1.29 is 9.59 Å². The van der Waals surface area contributed by atoms with Crippen molar-refractivity contribution >= 4 is 56.8 Å². The Bertz CT molecular complexity index is 898. The van der Waals surface area contributed by atoms with Crippen LogP contribution in [0.25, 0.3) is 0 Å². The average molecular weight is 454 g/mol. The van der Waals surface area contributed by atoms with E-state index in [-0.39, 0.29) is 17.9 Å². The van der Waals surface area contributed by atoms with Crippen LogP contribution in [0.3, 0.4) is 0 Å². The predicted molar refractivity (Wildman–Crippen MR) is 106 cm³/mol. The lowest BCUT2D eigenvalue weighted by atomic mass is 9.62. The number of benzene rings is 2. The maximum Gasteiger partial charge on any atom is 0.332 e. The number of hydrogen-bond donors (Lipinski definition) is 0. The highest BCUT2D eigenvalue weighted by Crippen LogP contribution is 2.54. The van der Waals surface area contributed by atoms with E-state index >= 15 is 0 Å². The summed E-state index contributed by atoms with van der Waals surface area (Å²) in [6, 6.07) is 12.3. The maximum absolute atomic E-state index is 13.4. The molecule has 0 bridgehead atoms. The van der Waals surface area contributed by atoms with Gasteiger partial charge in [-0.15, -0.1) is 0 Å². The molecule has 7 heteroatoms. The molecule has 1 heterocycles. The summed E-state index contributed by atoms with van der Waals surface area (Å²) in [6.45, 7) is 0. The number of rotatable bonds is 2. The van der Waals surface area contributed by atoms with Crippen LogP contribution in [0.15, 0.2) is 46.9 Å². The molecular formula is C19H15BrCl2N2O2. The topological polar surface area (TPSA) is 40.6 Å². The monoisotopic (exact) mass is 452 g/mol. The predicted octanol–water partition coefficient (Wildman–Crippen LogP) is 5.47. The molecule has 1 saturated heterocycles. The third-order valence-electron chi connectivity index (χ3n) is 5.42. The van der Waals surface area contributed by atoms with Gasteiger partial charge in [0.15, 0.2) is 0 Å². The molecule has 2 atom stereocenters.